The van der Waals surface area contributed by atoms with Crippen LogP contribution in [0.15, 0.2) is 48.7 Å². The number of likely N-dealkylation sites (tertiary alicyclic amines) is 1. The smallest absolute Gasteiger partial charge is 0.228 e. The Bertz CT molecular complexity index is 791. The number of carbonyl (C=O) groups is 2. The van der Waals surface area contributed by atoms with Crippen LogP contribution in [0.1, 0.15) is 23.2 Å². The summed E-state index contributed by atoms with van der Waals surface area (Å²) in [5, 5.41) is 0. The first-order valence-corrected chi connectivity index (χ1v) is 8.74. The summed E-state index contributed by atoms with van der Waals surface area (Å²) in [6.07, 6.45) is 2.92. The van der Waals surface area contributed by atoms with E-state index in [9.17, 15) is 9.59 Å². The fourth-order valence-electron chi connectivity index (χ4n) is 3.72. The van der Waals surface area contributed by atoms with E-state index in [1.165, 1.54) is 11.1 Å². The Kier molecular flexibility index (Phi) is 4.22. The number of fused-ring (bicyclic) bond motifs is 1. The van der Waals surface area contributed by atoms with E-state index in [-0.39, 0.29) is 17.7 Å². The molecule has 5 heteroatoms. The predicted molar refractivity (Wildman–Crippen MR) is 93.3 cm³/mol. The minimum Gasteiger partial charge on any atom is -0.338 e. The van der Waals surface area contributed by atoms with E-state index in [4.69, 9.17) is 0 Å². The number of rotatable bonds is 3. The molecule has 0 unspecified atom stereocenters. The number of hydrogen-bond acceptors (Lipinski definition) is 3. The summed E-state index contributed by atoms with van der Waals surface area (Å²) in [5.41, 5.74) is 3.40. The van der Waals surface area contributed by atoms with Crippen molar-refractivity contribution < 1.29 is 9.59 Å². The van der Waals surface area contributed by atoms with Gasteiger partial charge in [0.15, 0.2) is 0 Å². The summed E-state index contributed by atoms with van der Waals surface area (Å²) < 4.78 is 0. The van der Waals surface area contributed by atoms with Crippen LogP contribution < -0.4 is 0 Å². The number of hydrogen-bond donors (Lipinski definition) is 0. The summed E-state index contributed by atoms with van der Waals surface area (Å²) >= 11 is 0. The Labute approximate surface area is 147 Å². The van der Waals surface area contributed by atoms with Gasteiger partial charge in [-0.25, -0.2) is 0 Å². The Morgan fingerprint density at radius 3 is 2.72 bits per heavy atom. The van der Waals surface area contributed by atoms with Crippen molar-refractivity contribution in [2.45, 2.75) is 25.9 Å². The van der Waals surface area contributed by atoms with Gasteiger partial charge in [0.05, 0.1) is 18.2 Å². The number of pyridine rings is 1. The van der Waals surface area contributed by atoms with Crippen LogP contribution in [-0.2, 0) is 29.1 Å². The third-order valence-corrected chi connectivity index (χ3v) is 5.09. The minimum absolute atomic E-state index is 0.0430. The lowest BCUT2D eigenvalue weighted by atomic mass is 9.98. The maximum atomic E-state index is 12.9. The molecule has 2 amide bonds. The van der Waals surface area contributed by atoms with Crippen molar-refractivity contribution in [2.75, 3.05) is 13.1 Å². The zero-order chi connectivity index (χ0) is 17.2. The maximum absolute atomic E-state index is 12.9. The van der Waals surface area contributed by atoms with E-state index in [1.807, 2.05) is 35.2 Å². The van der Waals surface area contributed by atoms with Gasteiger partial charge >= 0.3 is 0 Å². The highest BCUT2D eigenvalue weighted by Crippen LogP contribution is 2.25. The molecule has 1 aromatic carbocycles. The van der Waals surface area contributed by atoms with Gasteiger partial charge in [-0.2, -0.15) is 0 Å². The molecule has 1 fully saturated rings. The normalized spacial score (nSPS) is 19.8. The first-order chi connectivity index (χ1) is 12.2. The van der Waals surface area contributed by atoms with E-state index in [2.05, 4.69) is 17.1 Å². The fraction of sp³-hybridized carbons (Fsp3) is 0.350. The van der Waals surface area contributed by atoms with E-state index in [1.54, 1.807) is 11.1 Å². The van der Waals surface area contributed by atoms with E-state index in [0.717, 1.165) is 18.7 Å². The second-order valence-corrected chi connectivity index (χ2v) is 6.77. The number of aromatic nitrogens is 1. The molecule has 0 spiro atoms. The zero-order valence-electron chi connectivity index (χ0n) is 14.1. The molecule has 5 nitrogen and oxygen atoms in total. The number of amides is 2. The fourth-order valence-corrected chi connectivity index (χ4v) is 3.72. The molecule has 0 aliphatic carbocycles. The summed E-state index contributed by atoms with van der Waals surface area (Å²) in [4.78, 5) is 33.1. The predicted octanol–water partition coefficient (Wildman–Crippen LogP) is 2.02. The molecule has 2 aromatic rings. The second-order valence-electron chi connectivity index (χ2n) is 6.77. The van der Waals surface area contributed by atoms with Gasteiger partial charge in [0.2, 0.25) is 11.8 Å². The Morgan fingerprint density at radius 2 is 1.92 bits per heavy atom. The Morgan fingerprint density at radius 1 is 1.12 bits per heavy atom. The molecule has 1 aromatic heterocycles. The van der Waals surface area contributed by atoms with Crippen LogP contribution in [0, 0.1) is 5.92 Å². The van der Waals surface area contributed by atoms with Crippen molar-refractivity contribution in [3.05, 3.63) is 65.5 Å². The van der Waals surface area contributed by atoms with E-state index >= 15 is 0 Å². The monoisotopic (exact) mass is 335 g/mol. The molecule has 4 rings (SSSR count). The SMILES string of the molecule is O=C1C[C@H](C(=O)N2CCc3ccccc3C2)CN1Cc1ccccn1. The molecule has 128 valence electrons. The third kappa shape index (κ3) is 3.27. The van der Waals surface area contributed by atoms with Crippen LogP contribution in [0.2, 0.25) is 0 Å². The van der Waals surface area contributed by atoms with Crippen molar-refractivity contribution >= 4 is 11.8 Å². The number of nitrogens with zero attached hydrogens (tertiary/aromatic N) is 3. The molecule has 0 N–H and O–H groups in total. The maximum Gasteiger partial charge on any atom is 0.228 e. The van der Waals surface area contributed by atoms with E-state index < -0.39 is 0 Å². The van der Waals surface area contributed by atoms with Gasteiger partial charge < -0.3 is 9.80 Å². The van der Waals surface area contributed by atoms with Crippen molar-refractivity contribution in [1.29, 1.82) is 0 Å². The molecule has 25 heavy (non-hydrogen) atoms. The summed E-state index contributed by atoms with van der Waals surface area (Å²) in [7, 11) is 0. The highest BCUT2D eigenvalue weighted by molar-refractivity contribution is 5.89. The molecular weight excluding hydrogens is 314 g/mol. The van der Waals surface area contributed by atoms with Crippen molar-refractivity contribution in [2.24, 2.45) is 5.92 Å². The summed E-state index contributed by atoms with van der Waals surface area (Å²) in [6.45, 7) is 2.36. The standard InChI is InChI=1S/C20H21N3O2/c24-19-11-17(13-23(19)14-18-7-3-4-9-21-18)20(25)22-10-8-15-5-1-2-6-16(15)12-22/h1-7,9,17H,8,10-14H2/t17-/m0/s1. The van der Waals surface area contributed by atoms with Crippen LogP contribution in [0.5, 0.6) is 0 Å². The summed E-state index contributed by atoms with van der Waals surface area (Å²) in [5.74, 6) is -0.0886. The zero-order valence-corrected chi connectivity index (χ0v) is 14.1. The lowest BCUT2D eigenvalue weighted by Gasteiger charge is -2.30. The first kappa shape index (κ1) is 15.8. The molecule has 1 atom stereocenters. The number of benzene rings is 1. The highest BCUT2D eigenvalue weighted by Gasteiger charge is 2.37. The van der Waals surface area contributed by atoms with Gasteiger partial charge in [-0.05, 0) is 29.7 Å². The average molecular weight is 335 g/mol. The first-order valence-electron chi connectivity index (χ1n) is 8.74. The lowest BCUT2D eigenvalue weighted by Crippen LogP contribution is -2.40. The third-order valence-electron chi connectivity index (χ3n) is 5.09. The topological polar surface area (TPSA) is 53.5 Å². The van der Waals surface area contributed by atoms with Gasteiger partial charge in [0, 0.05) is 32.3 Å². The van der Waals surface area contributed by atoms with E-state index in [0.29, 0.717) is 26.1 Å². The highest BCUT2D eigenvalue weighted by atomic mass is 16.2. The molecule has 0 saturated carbocycles. The Hall–Kier alpha value is -2.69. The molecule has 0 radical (unpaired) electrons. The molecule has 2 aliphatic heterocycles. The molecular formula is C20H21N3O2. The van der Waals surface area contributed by atoms with Crippen LogP contribution in [-0.4, -0.2) is 39.7 Å². The quantitative estimate of drug-likeness (QED) is 0.862. The van der Waals surface area contributed by atoms with Gasteiger partial charge in [0.25, 0.3) is 0 Å². The van der Waals surface area contributed by atoms with Gasteiger partial charge in [-0.3, -0.25) is 14.6 Å². The minimum atomic E-state index is -0.235. The van der Waals surface area contributed by atoms with Crippen LogP contribution >= 0.6 is 0 Å². The van der Waals surface area contributed by atoms with Crippen molar-refractivity contribution in [3.63, 3.8) is 0 Å². The lowest BCUT2D eigenvalue weighted by molar-refractivity contribution is -0.136. The Balaban J connectivity index is 1.41. The average Bonchev–Trinajstić information content (AvgIpc) is 3.02. The molecule has 3 heterocycles. The van der Waals surface area contributed by atoms with Crippen molar-refractivity contribution in [1.82, 2.24) is 14.8 Å². The summed E-state index contributed by atoms with van der Waals surface area (Å²) in [6, 6.07) is 13.9. The van der Waals surface area contributed by atoms with Crippen LogP contribution in [0.4, 0.5) is 0 Å². The van der Waals surface area contributed by atoms with Crippen LogP contribution in [0.25, 0.3) is 0 Å². The largest absolute Gasteiger partial charge is 0.338 e. The van der Waals surface area contributed by atoms with Gasteiger partial charge in [-0.1, -0.05) is 30.3 Å². The molecule has 0 bridgehead atoms. The van der Waals surface area contributed by atoms with Gasteiger partial charge in [0.1, 0.15) is 0 Å². The molecule has 1 saturated heterocycles. The molecule has 2 aliphatic rings. The number of carbonyl (C=O) groups excluding carboxylic acids is 2. The van der Waals surface area contributed by atoms with Crippen LogP contribution in [0.3, 0.4) is 0 Å². The van der Waals surface area contributed by atoms with Crippen molar-refractivity contribution in [3.8, 4) is 0 Å². The second kappa shape index (κ2) is 6.67. The van der Waals surface area contributed by atoms with Gasteiger partial charge in [-0.15, -0.1) is 0 Å².